The van der Waals surface area contributed by atoms with E-state index in [1.807, 2.05) is 42.5 Å². The highest BCUT2D eigenvalue weighted by atomic mass is 16.3. The zero-order valence-electron chi connectivity index (χ0n) is 25.4. The lowest BCUT2D eigenvalue weighted by Gasteiger charge is -2.10. The first-order valence-corrected chi connectivity index (χ1v) is 12.4. The average Bonchev–Trinajstić information content (AvgIpc) is 3.43. The molecule has 0 radical (unpaired) electrons. The summed E-state index contributed by atoms with van der Waals surface area (Å²) in [5, 5.41) is 5.61. The molecule has 0 amide bonds. The summed E-state index contributed by atoms with van der Waals surface area (Å²) in [7, 11) is 0. The summed E-state index contributed by atoms with van der Waals surface area (Å²) in [6.07, 6.45) is 0. The molecule has 2 nitrogen and oxygen atoms in total. The molecule has 7 rings (SSSR count). The van der Waals surface area contributed by atoms with Gasteiger partial charge in [-0.3, -0.25) is 0 Å². The molecule has 7 aromatic rings. The van der Waals surface area contributed by atoms with E-state index >= 15 is 0 Å². The highest BCUT2D eigenvalue weighted by Crippen LogP contribution is 2.36. The summed E-state index contributed by atoms with van der Waals surface area (Å²) in [5.41, 5.74) is 8.65. The van der Waals surface area contributed by atoms with Crippen LogP contribution in [0.2, 0.25) is 0 Å². The number of benzene rings is 6. The zero-order valence-corrected chi connectivity index (χ0v) is 20.4. The van der Waals surface area contributed by atoms with Crippen LogP contribution in [-0.2, 0) is 0 Å². The topological polar surface area (TPSA) is 25.2 Å². The fraction of sp³-hybridized carbons (Fsp3) is 0. The first kappa shape index (κ1) is 17.4. The standard InChI is InChI=1S/C36H25NO/c1-2-7-25(8-3-1)27-17-21-30(22-18-27)37-31-23-19-28(20-24-31)26-13-15-29(16-14-26)32-10-6-11-34-33-9-4-5-12-35(33)38-36(32)34/h1-24,37H/i1D,2D,3D,7D,8D. The molecule has 0 aliphatic rings. The van der Waals surface area contributed by atoms with Gasteiger partial charge in [-0.05, 0) is 58.1 Å². The lowest BCUT2D eigenvalue weighted by Crippen LogP contribution is -1.90. The molecule has 0 aliphatic heterocycles. The third kappa shape index (κ3) is 4.12. The lowest BCUT2D eigenvalue weighted by molar-refractivity contribution is 0.670. The molecular weight excluding hydrogens is 462 g/mol. The van der Waals surface area contributed by atoms with Crippen molar-refractivity contribution >= 4 is 33.3 Å². The van der Waals surface area contributed by atoms with Crippen LogP contribution in [0.4, 0.5) is 11.4 Å². The summed E-state index contributed by atoms with van der Waals surface area (Å²) >= 11 is 0. The second-order valence-corrected chi connectivity index (χ2v) is 9.14. The summed E-state index contributed by atoms with van der Waals surface area (Å²) in [5.74, 6) is 0. The van der Waals surface area contributed by atoms with E-state index in [-0.39, 0.29) is 29.7 Å². The Balaban J connectivity index is 1.09. The van der Waals surface area contributed by atoms with E-state index in [2.05, 4.69) is 66.0 Å². The number of para-hydroxylation sites is 2. The minimum atomic E-state index is -0.392. The van der Waals surface area contributed by atoms with E-state index in [1.54, 1.807) is 12.1 Å². The van der Waals surface area contributed by atoms with Crippen LogP contribution in [-0.4, -0.2) is 0 Å². The first-order valence-electron chi connectivity index (χ1n) is 14.9. The Morgan fingerprint density at radius 1 is 0.474 bits per heavy atom. The molecule has 6 aromatic carbocycles. The highest BCUT2D eigenvalue weighted by molar-refractivity contribution is 6.09. The summed E-state index contributed by atoms with van der Waals surface area (Å²) in [4.78, 5) is 0. The van der Waals surface area contributed by atoms with Crippen LogP contribution in [0.25, 0.3) is 55.3 Å². The SMILES string of the molecule is [2H]c1c([2H])c([2H])c(-c2ccc(Nc3ccc(-c4ccc(-c5cccc6c5oc5ccccc56)cc4)cc3)cc2)c([2H])c1[2H]. The molecule has 0 aliphatic carbocycles. The van der Waals surface area contributed by atoms with Crippen LogP contribution in [0, 0.1) is 0 Å². The quantitative estimate of drug-likeness (QED) is 0.258. The van der Waals surface area contributed by atoms with Crippen LogP contribution in [0.3, 0.4) is 0 Å². The Bertz CT molecular complexity index is 2100. The van der Waals surface area contributed by atoms with Gasteiger partial charge in [0.1, 0.15) is 11.2 Å². The average molecular weight is 493 g/mol. The van der Waals surface area contributed by atoms with Gasteiger partial charge in [0.25, 0.3) is 0 Å². The number of hydrogen-bond donors (Lipinski definition) is 1. The van der Waals surface area contributed by atoms with E-state index in [0.717, 1.165) is 55.6 Å². The maximum Gasteiger partial charge on any atom is 0.143 e. The van der Waals surface area contributed by atoms with E-state index in [1.165, 1.54) is 0 Å². The summed E-state index contributed by atoms with van der Waals surface area (Å²) in [6.45, 7) is 0. The number of nitrogens with one attached hydrogen (secondary N) is 1. The smallest absolute Gasteiger partial charge is 0.143 e. The van der Waals surface area contributed by atoms with Crippen molar-refractivity contribution < 1.29 is 11.3 Å². The van der Waals surface area contributed by atoms with Gasteiger partial charge in [0.05, 0.1) is 6.85 Å². The van der Waals surface area contributed by atoms with Gasteiger partial charge in [-0.25, -0.2) is 0 Å². The molecule has 1 aromatic heterocycles. The van der Waals surface area contributed by atoms with Crippen LogP contribution >= 0.6 is 0 Å². The molecule has 2 heteroatoms. The monoisotopic (exact) mass is 492 g/mol. The summed E-state index contributed by atoms with van der Waals surface area (Å²) < 4.78 is 46.3. The van der Waals surface area contributed by atoms with Gasteiger partial charge in [0.15, 0.2) is 0 Å². The van der Waals surface area contributed by atoms with Gasteiger partial charge in [-0.15, -0.1) is 0 Å². The zero-order chi connectivity index (χ0) is 29.7. The van der Waals surface area contributed by atoms with E-state index in [9.17, 15) is 0 Å². The van der Waals surface area contributed by atoms with Crippen LogP contribution in [0.1, 0.15) is 6.85 Å². The Kier molecular flexibility index (Phi) is 4.31. The van der Waals surface area contributed by atoms with Gasteiger partial charge in [-0.1, -0.05) is 115 Å². The molecule has 180 valence electrons. The molecule has 0 unspecified atom stereocenters. The van der Waals surface area contributed by atoms with Crippen molar-refractivity contribution in [2.75, 3.05) is 5.32 Å². The molecule has 0 atom stereocenters. The minimum absolute atomic E-state index is 0.196. The number of furan rings is 1. The molecule has 38 heavy (non-hydrogen) atoms. The minimum Gasteiger partial charge on any atom is -0.455 e. The van der Waals surface area contributed by atoms with Crippen LogP contribution in [0.5, 0.6) is 0 Å². The molecule has 0 fully saturated rings. The number of fused-ring (bicyclic) bond motifs is 3. The summed E-state index contributed by atoms with van der Waals surface area (Å²) in [6, 6.07) is 36.8. The van der Waals surface area contributed by atoms with Gasteiger partial charge < -0.3 is 9.73 Å². The van der Waals surface area contributed by atoms with E-state index in [0.29, 0.717) is 5.56 Å². The third-order valence-corrected chi connectivity index (χ3v) is 6.78. The fourth-order valence-corrected chi connectivity index (χ4v) is 4.84. The second kappa shape index (κ2) is 9.42. The predicted octanol–water partition coefficient (Wildman–Crippen LogP) is 10.3. The van der Waals surface area contributed by atoms with Gasteiger partial charge in [0, 0.05) is 27.7 Å². The molecule has 0 saturated carbocycles. The van der Waals surface area contributed by atoms with Crippen molar-refractivity contribution in [3.8, 4) is 33.4 Å². The maximum absolute atomic E-state index is 8.21. The van der Waals surface area contributed by atoms with Gasteiger partial charge >= 0.3 is 0 Å². The van der Waals surface area contributed by atoms with Crippen molar-refractivity contribution in [2.24, 2.45) is 0 Å². The van der Waals surface area contributed by atoms with Crippen LogP contribution < -0.4 is 5.32 Å². The lowest BCUT2D eigenvalue weighted by atomic mass is 9.98. The molecular formula is C36H25NO. The Labute approximate surface area is 228 Å². The Morgan fingerprint density at radius 3 is 1.71 bits per heavy atom. The second-order valence-electron chi connectivity index (χ2n) is 9.14. The molecule has 1 heterocycles. The number of anilines is 2. The van der Waals surface area contributed by atoms with Crippen molar-refractivity contribution in [3.63, 3.8) is 0 Å². The number of rotatable bonds is 5. The normalized spacial score (nSPS) is 13.0. The molecule has 0 bridgehead atoms. The van der Waals surface area contributed by atoms with E-state index < -0.39 is 6.04 Å². The third-order valence-electron chi connectivity index (χ3n) is 6.78. The Hall–Kier alpha value is -5.08. The molecule has 0 spiro atoms. The largest absolute Gasteiger partial charge is 0.455 e. The maximum atomic E-state index is 8.21. The molecule has 1 N–H and O–H groups in total. The van der Waals surface area contributed by atoms with Crippen molar-refractivity contribution in [2.45, 2.75) is 0 Å². The van der Waals surface area contributed by atoms with Crippen molar-refractivity contribution in [1.82, 2.24) is 0 Å². The first-order chi connectivity index (χ1) is 20.9. The van der Waals surface area contributed by atoms with Gasteiger partial charge in [-0.2, -0.15) is 0 Å². The number of hydrogen-bond acceptors (Lipinski definition) is 2. The van der Waals surface area contributed by atoms with Gasteiger partial charge in [0.2, 0.25) is 0 Å². The highest BCUT2D eigenvalue weighted by Gasteiger charge is 2.11. The van der Waals surface area contributed by atoms with Crippen molar-refractivity contribution in [3.05, 3.63) is 145 Å². The fourth-order valence-electron chi connectivity index (χ4n) is 4.84. The molecule has 0 saturated heterocycles. The predicted molar refractivity (Wildman–Crippen MR) is 160 cm³/mol. The Morgan fingerprint density at radius 2 is 1.03 bits per heavy atom. The van der Waals surface area contributed by atoms with Crippen molar-refractivity contribution in [1.29, 1.82) is 0 Å². The van der Waals surface area contributed by atoms with Crippen LogP contribution in [0.15, 0.2) is 150 Å². The van der Waals surface area contributed by atoms with E-state index in [4.69, 9.17) is 11.3 Å².